The summed E-state index contributed by atoms with van der Waals surface area (Å²) in [4.78, 5) is 30.1. The molecule has 1 aliphatic rings. The van der Waals surface area contributed by atoms with Gasteiger partial charge in [-0.2, -0.15) is 5.10 Å². The van der Waals surface area contributed by atoms with Gasteiger partial charge in [0.05, 0.1) is 11.8 Å². The van der Waals surface area contributed by atoms with E-state index in [1.165, 1.54) is 12.3 Å². The fourth-order valence-electron chi connectivity index (χ4n) is 4.01. The second-order valence-corrected chi connectivity index (χ2v) is 8.88. The first-order valence-corrected chi connectivity index (χ1v) is 11.3. The SMILES string of the molecule is Cn1ncc(NC(=O)c2nc(-c3c(F)cccc3F)sc2N)c1N1CCCC(NC(=O)O)CC1. The van der Waals surface area contributed by atoms with Crippen molar-refractivity contribution in [2.75, 3.05) is 29.0 Å². The van der Waals surface area contributed by atoms with Crippen LogP contribution < -0.4 is 21.3 Å². The molecule has 13 heteroatoms. The van der Waals surface area contributed by atoms with Crippen molar-refractivity contribution in [1.29, 1.82) is 0 Å². The maximum absolute atomic E-state index is 14.1. The minimum atomic E-state index is -1.05. The van der Waals surface area contributed by atoms with Crippen molar-refractivity contribution >= 4 is 39.8 Å². The van der Waals surface area contributed by atoms with Crippen LogP contribution in [0.5, 0.6) is 0 Å². The zero-order valence-corrected chi connectivity index (χ0v) is 19.0. The maximum atomic E-state index is 14.1. The molecule has 0 saturated carbocycles. The number of halogens is 2. The lowest BCUT2D eigenvalue weighted by atomic mass is 10.1. The van der Waals surface area contributed by atoms with Crippen LogP contribution in [0.2, 0.25) is 0 Å². The van der Waals surface area contributed by atoms with Gasteiger partial charge in [-0.05, 0) is 31.4 Å². The molecule has 1 fully saturated rings. The van der Waals surface area contributed by atoms with E-state index in [0.29, 0.717) is 37.4 Å². The number of thiazole rings is 1. The molecular weight excluding hydrogens is 468 g/mol. The third kappa shape index (κ3) is 4.78. The molecule has 3 aromatic rings. The van der Waals surface area contributed by atoms with Gasteiger partial charge in [-0.15, -0.1) is 0 Å². The molecule has 0 spiro atoms. The Hall–Kier alpha value is -3.74. The summed E-state index contributed by atoms with van der Waals surface area (Å²) in [5.41, 5.74) is 5.90. The summed E-state index contributed by atoms with van der Waals surface area (Å²) >= 11 is 0.820. The number of nitrogens with two attached hydrogens (primary N) is 1. The number of hydrogen-bond acceptors (Lipinski definition) is 7. The van der Waals surface area contributed by atoms with Crippen molar-refractivity contribution < 1.29 is 23.5 Å². The number of benzene rings is 1. The maximum Gasteiger partial charge on any atom is 0.404 e. The Morgan fingerprint density at radius 1 is 1.24 bits per heavy atom. The van der Waals surface area contributed by atoms with Gasteiger partial charge in [0.1, 0.15) is 27.3 Å². The minimum absolute atomic E-state index is 0.0259. The Morgan fingerprint density at radius 2 is 1.97 bits per heavy atom. The van der Waals surface area contributed by atoms with Gasteiger partial charge in [-0.3, -0.25) is 9.48 Å². The number of carboxylic acid groups (broad SMARTS) is 1. The lowest BCUT2D eigenvalue weighted by Gasteiger charge is -2.24. The van der Waals surface area contributed by atoms with Crippen LogP contribution in [-0.4, -0.2) is 51.0 Å². The number of nitrogens with one attached hydrogen (secondary N) is 2. The lowest BCUT2D eigenvalue weighted by Crippen LogP contribution is -2.35. The number of aromatic nitrogens is 3. The molecule has 1 saturated heterocycles. The van der Waals surface area contributed by atoms with Gasteiger partial charge in [0, 0.05) is 26.2 Å². The molecule has 180 valence electrons. The average molecular weight is 492 g/mol. The van der Waals surface area contributed by atoms with Crippen LogP contribution in [0.4, 0.5) is 30.1 Å². The monoisotopic (exact) mass is 491 g/mol. The number of anilines is 3. The number of hydrogen-bond donors (Lipinski definition) is 4. The smallest absolute Gasteiger partial charge is 0.404 e. The molecule has 0 aliphatic carbocycles. The van der Waals surface area contributed by atoms with Crippen molar-refractivity contribution in [3.63, 3.8) is 0 Å². The molecule has 34 heavy (non-hydrogen) atoms. The topological polar surface area (TPSA) is 138 Å². The highest BCUT2D eigenvalue weighted by atomic mass is 32.1. The summed E-state index contributed by atoms with van der Waals surface area (Å²) in [7, 11) is 1.74. The van der Waals surface area contributed by atoms with Crippen LogP contribution in [0.25, 0.3) is 10.6 Å². The van der Waals surface area contributed by atoms with Crippen molar-refractivity contribution in [3.05, 3.63) is 41.7 Å². The van der Waals surface area contributed by atoms with Crippen LogP contribution >= 0.6 is 11.3 Å². The second-order valence-electron chi connectivity index (χ2n) is 7.85. The predicted octanol–water partition coefficient (Wildman–Crippen LogP) is 3.28. The molecule has 1 aromatic carbocycles. The van der Waals surface area contributed by atoms with Gasteiger partial charge in [-0.1, -0.05) is 17.4 Å². The van der Waals surface area contributed by atoms with Crippen LogP contribution in [-0.2, 0) is 7.05 Å². The Balaban J connectivity index is 1.54. The average Bonchev–Trinajstić information content (AvgIpc) is 3.23. The van der Waals surface area contributed by atoms with E-state index in [-0.39, 0.29) is 27.3 Å². The van der Waals surface area contributed by atoms with Crippen LogP contribution in [0, 0.1) is 11.6 Å². The number of carbonyl (C=O) groups excluding carboxylic acids is 1. The van der Waals surface area contributed by atoms with E-state index in [0.717, 1.165) is 29.9 Å². The quantitative estimate of drug-likeness (QED) is 0.430. The van der Waals surface area contributed by atoms with Gasteiger partial charge in [-0.25, -0.2) is 18.6 Å². The number of rotatable bonds is 5. The lowest BCUT2D eigenvalue weighted by molar-refractivity contribution is 0.102. The number of carbonyl (C=O) groups is 2. The molecule has 2 aromatic heterocycles. The summed E-state index contributed by atoms with van der Waals surface area (Å²) in [5.74, 6) is -1.58. The summed E-state index contributed by atoms with van der Waals surface area (Å²) < 4.78 is 29.9. The largest absolute Gasteiger partial charge is 0.465 e. The van der Waals surface area contributed by atoms with Gasteiger partial charge in [0.15, 0.2) is 11.5 Å². The Kier molecular flexibility index (Phi) is 6.63. The zero-order chi connectivity index (χ0) is 24.4. The van der Waals surface area contributed by atoms with E-state index in [2.05, 4.69) is 20.7 Å². The summed E-state index contributed by atoms with van der Waals surface area (Å²) in [6.07, 6.45) is 2.49. The van der Waals surface area contributed by atoms with E-state index in [9.17, 15) is 18.4 Å². The van der Waals surface area contributed by atoms with Crippen molar-refractivity contribution in [3.8, 4) is 10.6 Å². The van der Waals surface area contributed by atoms with Crippen molar-refractivity contribution in [2.24, 2.45) is 7.05 Å². The van der Waals surface area contributed by atoms with E-state index in [4.69, 9.17) is 10.8 Å². The Bertz CT molecular complexity index is 1210. The number of amides is 2. The Morgan fingerprint density at radius 3 is 2.68 bits per heavy atom. The third-order valence-corrected chi connectivity index (χ3v) is 6.46. The number of nitrogens with zero attached hydrogens (tertiary/aromatic N) is 4. The molecule has 5 N–H and O–H groups in total. The fourth-order valence-corrected chi connectivity index (χ4v) is 4.88. The third-order valence-electron chi connectivity index (χ3n) is 5.56. The molecule has 1 unspecified atom stereocenters. The minimum Gasteiger partial charge on any atom is -0.465 e. The molecule has 0 radical (unpaired) electrons. The van der Waals surface area contributed by atoms with Crippen molar-refractivity contribution in [1.82, 2.24) is 20.1 Å². The highest BCUT2D eigenvalue weighted by Crippen LogP contribution is 2.34. The first-order chi connectivity index (χ1) is 16.2. The highest BCUT2D eigenvalue weighted by molar-refractivity contribution is 7.19. The molecule has 1 aliphatic heterocycles. The summed E-state index contributed by atoms with van der Waals surface area (Å²) in [6, 6.07) is 3.30. The first kappa shape index (κ1) is 23.4. The molecule has 4 rings (SSSR count). The van der Waals surface area contributed by atoms with Crippen LogP contribution in [0.3, 0.4) is 0 Å². The molecular formula is C21H23F2N7O3S. The van der Waals surface area contributed by atoms with Crippen LogP contribution in [0.1, 0.15) is 29.8 Å². The van der Waals surface area contributed by atoms with E-state index >= 15 is 0 Å². The zero-order valence-electron chi connectivity index (χ0n) is 18.2. The number of aryl methyl sites for hydroxylation is 1. The second kappa shape index (κ2) is 9.63. The van der Waals surface area contributed by atoms with Gasteiger partial charge >= 0.3 is 6.09 Å². The normalized spacial score (nSPS) is 16.2. The summed E-state index contributed by atoms with van der Waals surface area (Å²) in [5, 5.41) is 18.5. The highest BCUT2D eigenvalue weighted by Gasteiger charge is 2.26. The molecule has 10 nitrogen and oxygen atoms in total. The number of nitrogen functional groups attached to an aromatic ring is 1. The summed E-state index contributed by atoms with van der Waals surface area (Å²) in [6.45, 7) is 1.21. The molecule has 1 atom stereocenters. The molecule has 3 heterocycles. The van der Waals surface area contributed by atoms with E-state index in [1.807, 2.05) is 4.90 Å². The van der Waals surface area contributed by atoms with E-state index < -0.39 is 23.6 Å². The van der Waals surface area contributed by atoms with Crippen molar-refractivity contribution in [2.45, 2.75) is 25.3 Å². The van der Waals surface area contributed by atoms with Gasteiger partial charge in [0.2, 0.25) is 0 Å². The molecule has 0 bridgehead atoms. The Labute approximate surface area is 197 Å². The van der Waals surface area contributed by atoms with Gasteiger partial charge < -0.3 is 26.4 Å². The van der Waals surface area contributed by atoms with E-state index in [1.54, 1.807) is 11.7 Å². The van der Waals surface area contributed by atoms with Gasteiger partial charge in [0.25, 0.3) is 5.91 Å². The standard InChI is InChI=1S/C21H23F2N7O3S/c1-29-20(30-8-3-4-11(7-9-30)26-21(32)33)14(10-25-29)27-18(31)16-17(24)34-19(28-16)15-12(22)5-2-6-13(15)23/h2,5-6,10-11,26H,3-4,7-9,24H2,1H3,(H,27,31)(H,32,33). The van der Waals surface area contributed by atoms with Crippen LogP contribution in [0.15, 0.2) is 24.4 Å². The first-order valence-electron chi connectivity index (χ1n) is 10.5. The fraction of sp³-hybridized carbons (Fsp3) is 0.333. The molecule has 2 amide bonds. The predicted molar refractivity (Wildman–Crippen MR) is 124 cm³/mol.